The van der Waals surface area contributed by atoms with Gasteiger partial charge in [-0.15, -0.1) is 0 Å². The Morgan fingerprint density at radius 2 is 1.71 bits per heavy atom. The van der Waals surface area contributed by atoms with Gasteiger partial charge in [-0.3, -0.25) is 4.79 Å². The minimum absolute atomic E-state index is 0.183. The van der Waals surface area contributed by atoms with Gasteiger partial charge in [0.15, 0.2) is 0 Å². The van der Waals surface area contributed by atoms with Crippen LogP contribution in [0.3, 0.4) is 0 Å². The molecular formula is C23H27N3O2. The molecule has 0 radical (unpaired) electrons. The first-order valence-corrected chi connectivity index (χ1v) is 9.97. The van der Waals surface area contributed by atoms with Crippen LogP contribution in [0.1, 0.15) is 12.6 Å². The highest BCUT2D eigenvalue weighted by atomic mass is 16.5. The summed E-state index contributed by atoms with van der Waals surface area (Å²) < 4.78 is 7.88. The third-order valence-corrected chi connectivity index (χ3v) is 5.45. The molecule has 0 aliphatic carbocycles. The molecule has 1 aliphatic rings. The van der Waals surface area contributed by atoms with Crippen molar-refractivity contribution in [1.29, 1.82) is 0 Å². The number of nitrogens with zero attached hydrogens (tertiary/aromatic N) is 3. The maximum atomic E-state index is 12.9. The molecule has 3 aromatic rings. The van der Waals surface area contributed by atoms with Crippen molar-refractivity contribution in [1.82, 2.24) is 9.47 Å². The monoisotopic (exact) mass is 377 g/mol. The zero-order valence-corrected chi connectivity index (χ0v) is 16.6. The largest absolute Gasteiger partial charge is 0.492 e. The number of piperazine rings is 1. The van der Waals surface area contributed by atoms with E-state index in [2.05, 4.69) is 40.7 Å². The van der Waals surface area contributed by atoms with Crippen molar-refractivity contribution >= 4 is 22.5 Å². The highest BCUT2D eigenvalue weighted by molar-refractivity contribution is 5.84. The van der Waals surface area contributed by atoms with Gasteiger partial charge in [0.2, 0.25) is 5.91 Å². The zero-order valence-electron chi connectivity index (χ0n) is 16.6. The van der Waals surface area contributed by atoms with E-state index >= 15 is 0 Å². The SMILES string of the molecule is CCOc1ccccc1N1CCN(C(=O)Cn2c(C)cc3ccccc32)CC1. The number of carbonyl (C=O) groups is 1. The van der Waals surface area contributed by atoms with Crippen molar-refractivity contribution < 1.29 is 9.53 Å². The second kappa shape index (κ2) is 7.97. The van der Waals surface area contributed by atoms with Gasteiger partial charge in [-0.1, -0.05) is 30.3 Å². The van der Waals surface area contributed by atoms with Crippen LogP contribution in [-0.2, 0) is 11.3 Å². The second-order valence-corrected chi connectivity index (χ2v) is 7.20. The van der Waals surface area contributed by atoms with Crippen molar-refractivity contribution in [3.63, 3.8) is 0 Å². The third kappa shape index (κ3) is 3.57. The fourth-order valence-electron chi connectivity index (χ4n) is 3.99. The highest BCUT2D eigenvalue weighted by Crippen LogP contribution is 2.29. The number of benzene rings is 2. The van der Waals surface area contributed by atoms with Crippen LogP contribution in [0.4, 0.5) is 5.69 Å². The maximum absolute atomic E-state index is 12.9. The fourth-order valence-corrected chi connectivity index (χ4v) is 3.99. The summed E-state index contributed by atoms with van der Waals surface area (Å²) in [6.45, 7) is 8.22. The molecule has 0 bridgehead atoms. The number of aryl methyl sites for hydroxylation is 1. The van der Waals surface area contributed by atoms with E-state index in [1.54, 1.807) is 0 Å². The standard InChI is InChI=1S/C23H27N3O2/c1-3-28-22-11-7-6-10-21(22)24-12-14-25(15-13-24)23(27)17-26-18(2)16-19-8-4-5-9-20(19)26/h4-11,16H,3,12-15,17H2,1-2H3. The molecule has 1 fully saturated rings. The van der Waals surface area contributed by atoms with Crippen molar-refractivity contribution in [2.24, 2.45) is 0 Å². The normalized spacial score (nSPS) is 14.5. The van der Waals surface area contributed by atoms with Crippen molar-refractivity contribution in [2.75, 3.05) is 37.7 Å². The smallest absolute Gasteiger partial charge is 0.242 e. The lowest BCUT2D eigenvalue weighted by Crippen LogP contribution is -2.49. The summed E-state index contributed by atoms with van der Waals surface area (Å²) in [5, 5.41) is 1.19. The summed E-state index contributed by atoms with van der Waals surface area (Å²) in [7, 11) is 0. The van der Waals surface area contributed by atoms with Gasteiger partial charge in [-0.05, 0) is 43.5 Å². The van der Waals surface area contributed by atoms with Crippen LogP contribution in [-0.4, -0.2) is 48.2 Å². The lowest BCUT2D eigenvalue weighted by molar-refractivity contribution is -0.132. The van der Waals surface area contributed by atoms with E-state index in [0.29, 0.717) is 13.2 Å². The van der Waals surface area contributed by atoms with Crippen LogP contribution in [0.25, 0.3) is 10.9 Å². The van der Waals surface area contributed by atoms with E-state index < -0.39 is 0 Å². The molecule has 5 nitrogen and oxygen atoms in total. The lowest BCUT2D eigenvalue weighted by atomic mass is 10.2. The summed E-state index contributed by atoms with van der Waals surface area (Å²) in [5.74, 6) is 1.10. The molecule has 5 heteroatoms. The van der Waals surface area contributed by atoms with Crippen LogP contribution in [0.2, 0.25) is 0 Å². The summed E-state index contributed by atoms with van der Waals surface area (Å²) in [5.41, 5.74) is 3.36. The summed E-state index contributed by atoms with van der Waals surface area (Å²) in [4.78, 5) is 17.2. The van der Waals surface area contributed by atoms with E-state index in [0.717, 1.165) is 48.8 Å². The first-order chi connectivity index (χ1) is 13.7. The lowest BCUT2D eigenvalue weighted by Gasteiger charge is -2.36. The Kier molecular flexibility index (Phi) is 5.24. The topological polar surface area (TPSA) is 37.7 Å². The maximum Gasteiger partial charge on any atom is 0.242 e. The molecular weight excluding hydrogens is 350 g/mol. The van der Waals surface area contributed by atoms with E-state index in [1.165, 1.54) is 5.39 Å². The predicted molar refractivity (Wildman–Crippen MR) is 113 cm³/mol. The molecule has 0 N–H and O–H groups in total. The number of carbonyl (C=O) groups excluding carboxylic acids is 1. The van der Waals surface area contributed by atoms with Gasteiger partial charge < -0.3 is 19.1 Å². The van der Waals surface area contributed by atoms with Gasteiger partial charge in [0.1, 0.15) is 12.3 Å². The number of anilines is 1. The van der Waals surface area contributed by atoms with Crippen molar-refractivity contribution in [3.8, 4) is 5.75 Å². The van der Waals surface area contributed by atoms with Crippen molar-refractivity contribution in [3.05, 3.63) is 60.3 Å². The van der Waals surface area contributed by atoms with E-state index in [4.69, 9.17) is 4.74 Å². The molecule has 2 heterocycles. The van der Waals surface area contributed by atoms with Crippen LogP contribution >= 0.6 is 0 Å². The third-order valence-electron chi connectivity index (χ3n) is 5.45. The number of hydrogen-bond acceptors (Lipinski definition) is 3. The van der Waals surface area contributed by atoms with Crippen molar-refractivity contribution in [2.45, 2.75) is 20.4 Å². The number of fused-ring (bicyclic) bond motifs is 1. The molecule has 1 aliphatic heterocycles. The number of hydrogen-bond donors (Lipinski definition) is 0. The minimum atomic E-state index is 0.183. The van der Waals surface area contributed by atoms with Gasteiger partial charge >= 0.3 is 0 Å². The minimum Gasteiger partial charge on any atom is -0.492 e. The molecule has 1 aromatic heterocycles. The molecule has 2 aromatic carbocycles. The molecule has 0 saturated carbocycles. The molecule has 1 amide bonds. The van der Waals surface area contributed by atoms with Gasteiger partial charge in [-0.2, -0.15) is 0 Å². The fraction of sp³-hybridized carbons (Fsp3) is 0.348. The van der Waals surface area contributed by atoms with Crippen LogP contribution in [0, 0.1) is 6.92 Å². The number of amides is 1. The molecule has 28 heavy (non-hydrogen) atoms. The molecule has 0 unspecified atom stereocenters. The quantitative estimate of drug-likeness (QED) is 0.680. The average molecular weight is 377 g/mol. The Morgan fingerprint density at radius 1 is 1.00 bits per heavy atom. The Bertz CT molecular complexity index is 971. The van der Waals surface area contributed by atoms with Gasteiger partial charge in [0, 0.05) is 37.4 Å². The summed E-state index contributed by atoms with van der Waals surface area (Å²) in [6, 6.07) is 18.5. The molecule has 4 rings (SSSR count). The second-order valence-electron chi connectivity index (χ2n) is 7.20. The molecule has 0 spiro atoms. The Labute approximate surface area is 166 Å². The average Bonchev–Trinajstić information content (AvgIpc) is 3.04. The van der Waals surface area contributed by atoms with E-state index in [9.17, 15) is 4.79 Å². The summed E-state index contributed by atoms with van der Waals surface area (Å²) in [6.07, 6.45) is 0. The number of para-hydroxylation sites is 3. The van der Waals surface area contributed by atoms with Gasteiger partial charge in [0.05, 0.1) is 12.3 Å². The van der Waals surface area contributed by atoms with Crippen LogP contribution in [0.5, 0.6) is 5.75 Å². The summed E-state index contributed by atoms with van der Waals surface area (Å²) >= 11 is 0. The zero-order chi connectivity index (χ0) is 19.5. The first-order valence-electron chi connectivity index (χ1n) is 9.97. The predicted octanol–water partition coefficient (Wildman–Crippen LogP) is 3.70. The van der Waals surface area contributed by atoms with Crippen LogP contribution < -0.4 is 9.64 Å². The Morgan fingerprint density at radius 3 is 2.50 bits per heavy atom. The Hall–Kier alpha value is -2.95. The first kappa shape index (κ1) is 18.4. The van der Waals surface area contributed by atoms with E-state index in [-0.39, 0.29) is 5.91 Å². The number of aromatic nitrogens is 1. The number of ether oxygens (including phenoxy) is 1. The molecule has 1 saturated heterocycles. The van der Waals surface area contributed by atoms with Gasteiger partial charge in [0.25, 0.3) is 0 Å². The molecule has 146 valence electrons. The molecule has 0 atom stereocenters. The van der Waals surface area contributed by atoms with Gasteiger partial charge in [-0.25, -0.2) is 0 Å². The highest BCUT2D eigenvalue weighted by Gasteiger charge is 2.23. The van der Waals surface area contributed by atoms with Crippen LogP contribution in [0.15, 0.2) is 54.6 Å². The Balaban J connectivity index is 1.42. The number of rotatable bonds is 5. The van der Waals surface area contributed by atoms with E-state index in [1.807, 2.05) is 42.2 Å².